The number of hydrogen-bond acceptors (Lipinski definition) is 4. The van der Waals surface area contributed by atoms with E-state index in [2.05, 4.69) is 10.4 Å². The summed E-state index contributed by atoms with van der Waals surface area (Å²) in [5.41, 5.74) is 1.20. The number of aryl methyl sites for hydroxylation is 2. The lowest BCUT2D eigenvalue weighted by atomic mass is 10.3. The number of amides is 1. The van der Waals surface area contributed by atoms with Crippen LogP contribution >= 0.6 is 11.3 Å². The van der Waals surface area contributed by atoms with Crippen LogP contribution in [0.1, 0.15) is 26.5 Å². The maximum atomic E-state index is 11.9. The van der Waals surface area contributed by atoms with Crippen LogP contribution in [0.25, 0.3) is 0 Å². The molecule has 2 aromatic heterocycles. The smallest absolute Gasteiger partial charge is 0.338 e. The molecule has 0 aliphatic carbocycles. The van der Waals surface area contributed by atoms with Crippen LogP contribution in [0.4, 0.5) is 5.00 Å². The van der Waals surface area contributed by atoms with E-state index in [0.717, 1.165) is 17.0 Å². The zero-order valence-corrected chi connectivity index (χ0v) is 10.6. The molecule has 0 radical (unpaired) electrons. The molecule has 2 rings (SSSR count). The molecule has 7 heteroatoms. The first-order chi connectivity index (χ1) is 8.49. The van der Waals surface area contributed by atoms with Gasteiger partial charge in [-0.1, -0.05) is 0 Å². The van der Waals surface area contributed by atoms with E-state index in [1.807, 2.05) is 6.92 Å². The average molecular weight is 265 g/mol. The van der Waals surface area contributed by atoms with Crippen LogP contribution in [0, 0.1) is 6.92 Å². The summed E-state index contributed by atoms with van der Waals surface area (Å²) in [4.78, 5) is 22.8. The molecular weight excluding hydrogens is 254 g/mol. The Morgan fingerprint density at radius 3 is 2.78 bits per heavy atom. The van der Waals surface area contributed by atoms with Gasteiger partial charge in [0, 0.05) is 12.7 Å². The summed E-state index contributed by atoms with van der Waals surface area (Å²) in [6, 6.07) is 3.09. The van der Waals surface area contributed by atoms with Crippen molar-refractivity contribution in [2.45, 2.75) is 6.92 Å². The summed E-state index contributed by atoms with van der Waals surface area (Å²) in [7, 11) is 1.74. The molecule has 18 heavy (non-hydrogen) atoms. The van der Waals surface area contributed by atoms with Crippen molar-refractivity contribution in [3.63, 3.8) is 0 Å². The summed E-state index contributed by atoms with van der Waals surface area (Å²) in [5, 5.41) is 17.4. The highest BCUT2D eigenvalue weighted by Gasteiger charge is 2.16. The molecule has 0 spiro atoms. The number of rotatable bonds is 3. The number of carbonyl (C=O) groups excluding carboxylic acids is 1. The maximum absolute atomic E-state index is 11.9. The SMILES string of the molecule is Cc1cc(C(=O)Nc2sccc2C(=O)O)nn1C. The van der Waals surface area contributed by atoms with Gasteiger partial charge < -0.3 is 10.4 Å². The number of aromatic nitrogens is 2. The highest BCUT2D eigenvalue weighted by molar-refractivity contribution is 7.14. The number of thiophene rings is 1. The molecule has 0 atom stereocenters. The first-order valence-corrected chi connectivity index (χ1v) is 6.00. The molecule has 2 N–H and O–H groups in total. The number of aromatic carboxylic acids is 1. The largest absolute Gasteiger partial charge is 0.478 e. The van der Waals surface area contributed by atoms with Crippen molar-refractivity contribution in [3.05, 3.63) is 34.5 Å². The van der Waals surface area contributed by atoms with E-state index < -0.39 is 11.9 Å². The molecule has 0 unspecified atom stereocenters. The topological polar surface area (TPSA) is 84.2 Å². The lowest BCUT2D eigenvalue weighted by Gasteiger charge is -2.01. The second kappa shape index (κ2) is 4.61. The summed E-state index contributed by atoms with van der Waals surface area (Å²) in [6.07, 6.45) is 0. The van der Waals surface area contributed by atoms with Gasteiger partial charge in [-0.25, -0.2) is 4.79 Å². The van der Waals surface area contributed by atoms with Crippen LogP contribution in [-0.2, 0) is 7.05 Å². The standard InChI is InChI=1S/C11H11N3O3S/c1-6-5-8(13-14(6)2)9(15)12-10-7(11(16)17)3-4-18-10/h3-5H,1-2H3,(H,12,15)(H,16,17). The molecule has 94 valence electrons. The van der Waals surface area contributed by atoms with Gasteiger partial charge in [0.25, 0.3) is 5.91 Å². The minimum Gasteiger partial charge on any atom is -0.478 e. The van der Waals surface area contributed by atoms with Crippen LogP contribution in [-0.4, -0.2) is 26.8 Å². The van der Waals surface area contributed by atoms with Gasteiger partial charge in [-0.2, -0.15) is 5.10 Å². The van der Waals surface area contributed by atoms with Gasteiger partial charge in [0.15, 0.2) is 5.69 Å². The van der Waals surface area contributed by atoms with E-state index in [4.69, 9.17) is 5.11 Å². The Labute approximate surface area is 107 Å². The number of carboxylic acid groups (broad SMARTS) is 1. The molecule has 1 amide bonds. The molecule has 0 bridgehead atoms. The van der Waals surface area contributed by atoms with E-state index >= 15 is 0 Å². The van der Waals surface area contributed by atoms with Gasteiger partial charge in [0.2, 0.25) is 0 Å². The minimum absolute atomic E-state index is 0.0843. The number of nitrogens with zero attached hydrogens (tertiary/aromatic N) is 2. The Morgan fingerprint density at radius 2 is 2.22 bits per heavy atom. The average Bonchev–Trinajstić information content (AvgIpc) is 2.87. The Balaban J connectivity index is 2.21. The van der Waals surface area contributed by atoms with Crippen molar-refractivity contribution in [3.8, 4) is 0 Å². The normalized spacial score (nSPS) is 10.3. The quantitative estimate of drug-likeness (QED) is 0.885. The van der Waals surface area contributed by atoms with E-state index in [1.165, 1.54) is 6.07 Å². The molecule has 0 saturated heterocycles. The Bertz CT molecular complexity index is 595. The Kier molecular flexibility index (Phi) is 3.15. The van der Waals surface area contributed by atoms with Gasteiger partial charge in [0.1, 0.15) is 5.00 Å². The zero-order valence-electron chi connectivity index (χ0n) is 9.80. The highest BCUT2D eigenvalue weighted by Crippen LogP contribution is 2.23. The van der Waals surface area contributed by atoms with Crippen LogP contribution in [0.3, 0.4) is 0 Å². The van der Waals surface area contributed by atoms with Crippen molar-refractivity contribution in [2.24, 2.45) is 7.05 Å². The lowest BCUT2D eigenvalue weighted by molar-refractivity contribution is 0.0698. The van der Waals surface area contributed by atoms with Gasteiger partial charge in [-0.15, -0.1) is 11.3 Å². The van der Waals surface area contributed by atoms with Crippen molar-refractivity contribution in [1.29, 1.82) is 0 Å². The van der Waals surface area contributed by atoms with E-state index in [-0.39, 0.29) is 11.3 Å². The summed E-state index contributed by atoms with van der Waals surface area (Å²) in [6.45, 7) is 1.83. The van der Waals surface area contributed by atoms with Crippen molar-refractivity contribution >= 4 is 28.2 Å². The molecule has 6 nitrogen and oxygen atoms in total. The molecule has 0 aliphatic heterocycles. The highest BCUT2D eigenvalue weighted by atomic mass is 32.1. The summed E-state index contributed by atoms with van der Waals surface area (Å²) < 4.78 is 1.58. The number of carboxylic acids is 1. The van der Waals surface area contributed by atoms with Gasteiger partial charge in [-0.05, 0) is 24.4 Å². The lowest BCUT2D eigenvalue weighted by Crippen LogP contribution is -2.14. The van der Waals surface area contributed by atoms with Crippen molar-refractivity contribution in [2.75, 3.05) is 5.32 Å². The van der Waals surface area contributed by atoms with Crippen LogP contribution in [0.2, 0.25) is 0 Å². The fourth-order valence-corrected chi connectivity index (χ4v) is 2.19. The molecule has 0 fully saturated rings. The van der Waals surface area contributed by atoms with E-state index in [1.54, 1.807) is 23.2 Å². The van der Waals surface area contributed by atoms with E-state index in [0.29, 0.717) is 5.00 Å². The number of anilines is 1. The first-order valence-electron chi connectivity index (χ1n) is 5.12. The van der Waals surface area contributed by atoms with Crippen LogP contribution in [0.15, 0.2) is 17.5 Å². The Morgan fingerprint density at radius 1 is 1.50 bits per heavy atom. The van der Waals surface area contributed by atoms with Crippen LogP contribution in [0.5, 0.6) is 0 Å². The Hall–Kier alpha value is -2.15. The van der Waals surface area contributed by atoms with Crippen LogP contribution < -0.4 is 5.32 Å². The zero-order chi connectivity index (χ0) is 13.3. The molecular formula is C11H11N3O3S. The summed E-state index contributed by atoms with van der Waals surface area (Å²) in [5.74, 6) is -1.48. The molecule has 0 saturated carbocycles. The second-order valence-corrected chi connectivity index (χ2v) is 4.63. The second-order valence-electron chi connectivity index (χ2n) is 3.72. The fraction of sp³-hybridized carbons (Fsp3) is 0.182. The summed E-state index contributed by atoms with van der Waals surface area (Å²) >= 11 is 1.16. The van der Waals surface area contributed by atoms with Gasteiger partial charge >= 0.3 is 5.97 Å². The monoisotopic (exact) mass is 265 g/mol. The molecule has 2 aromatic rings. The maximum Gasteiger partial charge on any atom is 0.338 e. The molecule has 0 aliphatic rings. The third kappa shape index (κ3) is 2.25. The van der Waals surface area contributed by atoms with Crippen molar-refractivity contribution < 1.29 is 14.7 Å². The third-order valence-electron chi connectivity index (χ3n) is 2.47. The predicted molar refractivity (Wildman–Crippen MR) is 67.2 cm³/mol. The minimum atomic E-state index is -1.07. The number of carbonyl (C=O) groups is 2. The predicted octanol–water partition coefficient (Wildman–Crippen LogP) is 1.74. The fourth-order valence-electron chi connectivity index (χ4n) is 1.41. The molecule has 2 heterocycles. The number of hydrogen-bond donors (Lipinski definition) is 2. The molecule has 0 aromatic carbocycles. The van der Waals surface area contributed by atoms with E-state index in [9.17, 15) is 9.59 Å². The van der Waals surface area contributed by atoms with Gasteiger partial charge in [-0.3, -0.25) is 9.48 Å². The third-order valence-corrected chi connectivity index (χ3v) is 3.30. The van der Waals surface area contributed by atoms with Crippen molar-refractivity contribution in [1.82, 2.24) is 9.78 Å². The first kappa shape index (κ1) is 12.3. The van der Waals surface area contributed by atoms with Gasteiger partial charge in [0.05, 0.1) is 5.56 Å². The number of nitrogens with one attached hydrogen (secondary N) is 1.